The third-order valence-electron chi connectivity index (χ3n) is 6.64. The van der Waals surface area contributed by atoms with Gasteiger partial charge in [0.1, 0.15) is 0 Å². The van der Waals surface area contributed by atoms with Crippen LogP contribution >= 0.6 is 0 Å². The lowest BCUT2D eigenvalue weighted by Gasteiger charge is -2.53. The summed E-state index contributed by atoms with van der Waals surface area (Å²) in [4.78, 5) is 18.6. The van der Waals surface area contributed by atoms with Gasteiger partial charge in [0, 0.05) is 12.1 Å². The van der Waals surface area contributed by atoms with Gasteiger partial charge in [0.15, 0.2) is 0 Å². The first-order valence-electron chi connectivity index (χ1n) is 9.90. The molecular weight excluding hydrogens is 342 g/mol. The number of piperidine rings is 1. The number of para-hydroxylation sites is 2. The van der Waals surface area contributed by atoms with Gasteiger partial charge < -0.3 is 9.84 Å². The van der Waals surface area contributed by atoms with E-state index in [1.807, 2.05) is 25.1 Å². The number of rotatable bonds is 3. The number of benzene rings is 1. The highest BCUT2D eigenvalue weighted by atomic mass is 16.5. The number of ether oxygens (including phenoxy) is 1. The Bertz CT molecular complexity index is 869. The van der Waals surface area contributed by atoms with Crippen LogP contribution in [0.4, 0.5) is 4.79 Å². The number of amides is 1. The van der Waals surface area contributed by atoms with Gasteiger partial charge in [-0.25, -0.2) is 4.79 Å². The summed E-state index contributed by atoms with van der Waals surface area (Å²) in [5.74, 6) is 0. The van der Waals surface area contributed by atoms with Crippen molar-refractivity contribution in [3.63, 3.8) is 0 Å². The number of carbonyl (C=O) groups is 1. The van der Waals surface area contributed by atoms with E-state index in [0.717, 1.165) is 36.7 Å². The number of hydrogen-bond acceptors (Lipinski definition) is 3. The third-order valence-corrected chi connectivity index (χ3v) is 6.64. The van der Waals surface area contributed by atoms with Crippen LogP contribution in [0.5, 0.6) is 6.01 Å². The molecule has 0 aliphatic carbocycles. The first-order chi connectivity index (χ1) is 12.8. The highest BCUT2D eigenvalue weighted by Crippen LogP contribution is 2.56. The molecule has 2 saturated heterocycles. The van der Waals surface area contributed by atoms with Crippen LogP contribution in [0.3, 0.4) is 0 Å². The van der Waals surface area contributed by atoms with Gasteiger partial charge in [0.2, 0.25) is 0 Å². The Kier molecular flexibility index (Phi) is 4.13. The minimum Gasteiger partial charge on any atom is -0.465 e. The predicted molar refractivity (Wildman–Crippen MR) is 104 cm³/mol. The largest absolute Gasteiger partial charge is 0.465 e. The molecule has 6 nitrogen and oxygen atoms in total. The van der Waals surface area contributed by atoms with Crippen molar-refractivity contribution < 1.29 is 14.6 Å². The Hall–Kier alpha value is -2.24. The molecule has 0 radical (unpaired) electrons. The van der Waals surface area contributed by atoms with E-state index in [4.69, 9.17) is 9.72 Å². The lowest BCUT2D eigenvalue weighted by Crippen LogP contribution is -2.61. The van der Waals surface area contributed by atoms with Gasteiger partial charge >= 0.3 is 6.09 Å². The number of imidazole rings is 1. The van der Waals surface area contributed by atoms with Crippen molar-refractivity contribution in [2.75, 3.05) is 6.61 Å². The normalized spacial score (nSPS) is 27.9. The maximum Gasteiger partial charge on any atom is 0.408 e. The van der Waals surface area contributed by atoms with E-state index < -0.39 is 6.09 Å². The molecule has 1 aromatic carbocycles. The molecule has 2 aliphatic heterocycles. The summed E-state index contributed by atoms with van der Waals surface area (Å²) in [5, 5.41) is 9.96. The van der Waals surface area contributed by atoms with Crippen LogP contribution in [-0.2, 0) is 0 Å². The molecule has 1 N–H and O–H groups in total. The lowest BCUT2D eigenvalue weighted by atomic mass is 9.67. The standard InChI is InChI=1S/C21H29N3O3/c1-5-27-18-22-16-8-6-7-9-17(16)23(18)15-12-14-10-11-21(13-15,20(2,3)4)24(14)19(25)26/h6-9,14-15H,5,10-13H2,1-4H3,(H,25,26)/t14-,15+,21+/m0/s1. The van der Waals surface area contributed by atoms with E-state index >= 15 is 0 Å². The molecule has 0 saturated carbocycles. The van der Waals surface area contributed by atoms with Gasteiger partial charge in [-0.15, -0.1) is 0 Å². The first kappa shape index (κ1) is 18.1. The van der Waals surface area contributed by atoms with Gasteiger partial charge in [0.25, 0.3) is 6.01 Å². The average Bonchev–Trinajstić information content (AvgIpc) is 3.08. The number of aromatic nitrogens is 2. The van der Waals surface area contributed by atoms with Crippen molar-refractivity contribution in [1.82, 2.24) is 14.5 Å². The maximum absolute atomic E-state index is 12.1. The molecule has 146 valence electrons. The summed E-state index contributed by atoms with van der Waals surface area (Å²) in [6, 6.07) is 8.99. The van der Waals surface area contributed by atoms with Gasteiger partial charge in [0.05, 0.1) is 23.2 Å². The van der Waals surface area contributed by atoms with Crippen LogP contribution in [0.1, 0.15) is 59.4 Å². The Balaban J connectivity index is 1.82. The van der Waals surface area contributed by atoms with E-state index in [-0.39, 0.29) is 23.0 Å². The van der Waals surface area contributed by atoms with Crippen molar-refractivity contribution in [2.45, 2.75) is 71.0 Å². The van der Waals surface area contributed by atoms with Gasteiger partial charge in [-0.2, -0.15) is 4.98 Å². The maximum atomic E-state index is 12.1. The zero-order valence-electron chi connectivity index (χ0n) is 16.6. The zero-order chi connectivity index (χ0) is 19.4. The third kappa shape index (κ3) is 2.60. The van der Waals surface area contributed by atoms with E-state index in [0.29, 0.717) is 12.6 Å². The number of carboxylic acid groups (broad SMARTS) is 1. The molecule has 4 rings (SSSR count). The van der Waals surface area contributed by atoms with Crippen LogP contribution in [0.15, 0.2) is 24.3 Å². The lowest BCUT2D eigenvalue weighted by molar-refractivity contribution is -0.0304. The summed E-state index contributed by atoms with van der Waals surface area (Å²) < 4.78 is 8.10. The number of nitrogens with zero attached hydrogens (tertiary/aromatic N) is 3. The average molecular weight is 371 g/mol. The van der Waals surface area contributed by atoms with Crippen LogP contribution in [0.2, 0.25) is 0 Å². The minimum absolute atomic E-state index is 0.0520. The topological polar surface area (TPSA) is 67.6 Å². The highest BCUT2D eigenvalue weighted by Gasteiger charge is 2.59. The molecule has 1 aromatic heterocycles. The van der Waals surface area contributed by atoms with Crippen LogP contribution in [0, 0.1) is 5.41 Å². The van der Waals surface area contributed by atoms with Crippen LogP contribution < -0.4 is 4.74 Å². The van der Waals surface area contributed by atoms with E-state index in [1.165, 1.54) is 0 Å². The molecule has 6 heteroatoms. The van der Waals surface area contributed by atoms with Crippen molar-refractivity contribution in [2.24, 2.45) is 5.41 Å². The molecule has 3 heterocycles. The monoisotopic (exact) mass is 371 g/mol. The van der Waals surface area contributed by atoms with Crippen LogP contribution in [-0.4, -0.2) is 43.8 Å². The molecule has 1 amide bonds. The molecule has 0 spiro atoms. The zero-order valence-corrected chi connectivity index (χ0v) is 16.6. The Morgan fingerprint density at radius 1 is 1.33 bits per heavy atom. The summed E-state index contributed by atoms with van der Waals surface area (Å²) in [5.41, 5.74) is 1.50. The fourth-order valence-corrected chi connectivity index (χ4v) is 5.40. The molecule has 2 aromatic rings. The van der Waals surface area contributed by atoms with Gasteiger partial charge in [-0.3, -0.25) is 9.47 Å². The minimum atomic E-state index is -0.786. The Morgan fingerprint density at radius 2 is 2.07 bits per heavy atom. The quantitative estimate of drug-likeness (QED) is 0.849. The number of fused-ring (bicyclic) bond motifs is 3. The molecule has 0 unspecified atom stereocenters. The first-order valence-corrected chi connectivity index (χ1v) is 9.90. The van der Waals surface area contributed by atoms with Gasteiger partial charge in [-0.05, 0) is 50.2 Å². The highest BCUT2D eigenvalue weighted by molar-refractivity contribution is 5.77. The van der Waals surface area contributed by atoms with Crippen LogP contribution in [0.25, 0.3) is 11.0 Å². The Labute approximate surface area is 160 Å². The fraction of sp³-hybridized carbons (Fsp3) is 0.619. The van der Waals surface area contributed by atoms with Crippen molar-refractivity contribution in [1.29, 1.82) is 0 Å². The fourth-order valence-electron chi connectivity index (χ4n) is 5.40. The summed E-state index contributed by atoms with van der Waals surface area (Å²) in [7, 11) is 0. The van der Waals surface area contributed by atoms with Crippen molar-refractivity contribution >= 4 is 17.1 Å². The second-order valence-corrected chi connectivity index (χ2v) is 8.91. The second kappa shape index (κ2) is 6.14. The van der Waals surface area contributed by atoms with Crippen molar-refractivity contribution in [3.8, 4) is 6.01 Å². The van der Waals surface area contributed by atoms with E-state index in [1.54, 1.807) is 4.90 Å². The summed E-state index contributed by atoms with van der Waals surface area (Å²) >= 11 is 0. The Morgan fingerprint density at radius 3 is 2.74 bits per heavy atom. The molecule has 3 atom stereocenters. The predicted octanol–water partition coefficient (Wildman–Crippen LogP) is 4.70. The smallest absolute Gasteiger partial charge is 0.408 e. The van der Waals surface area contributed by atoms with Gasteiger partial charge in [-0.1, -0.05) is 32.9 Å². The number of hydrogen-bond donors (Lipinski definition) is 1. The summed E-state index contributed by atoms with van der Waals surface area (Å²) in [6.07, 6.45) is 2.66. The van der Waals surface area contributed by atoms with Crippen molar-refractivity contribution in [3.05, 3.63) is 24.3 Å². The summed E-state index contributed by atoms with van der Waals surface area (Å²) in [6.45, 7) is 9.04. The van der Waals surface area contributed by atoms with E-state index in [9.17, 15) is 9.90 Å². The molecule has 2 bridgehead atoms. The molecule has 27 heavy (non-hydrogen) atoms. The molecule has 2 aliphatic rings. The SMILES string of the molecule is CCOc1nc2ccccc2n1[C@@H]1C[C@@H]2CC[C@](C(C)(C)C)(C1)N2C(=O)O. The molecular formula is C21H29N3O3. The molecule has 2 fully saturated rings. The van der Waals surface area contributed by atoms with E-state index in [2.05, 4.69) is 31.4 Å². The second-order valence-electron chi connectivity index (χ2n) is 8.91.